The SMILES string of the molecule is CC.CC1OP(OCCC#N)OC1C. The molecule has 0 N–H and O–H groups in total. The molecule has 1 fully saturated rings. The van der Waals surface area contributed by atoms with Crippen molar-refractivity contribution in [1.29, 1.82) is 5.26 Å². The second-order valence-corrected chi connectivity index (χ2v) is 3.71. The fourth-order valence-corrected chi connectivity index (χ4v) is 1.99. The van der Waals surface area contributed by atoms with E-state index in [0.29, 0.717) is 13.0 Å². The summed E-state index contributed by atoms with van der Waals surface area (Å²) in [5, 5.41) is 8.24. The molecule has 4 nitrogen and oxygen atoms in total. The summed E-state index contributed by atoms with van der Waals surface area (Å²) in [5.41, 5.74) is 0. The fraction of sp³-hybridized carbons (Fsp3) is 0.889. The predicted molar refractivity (Wildman–Crippen MR) is 55.5 cm³/mol. The Morgan fingerprint density at radius 1 is 1.29 bits per heavy atom. The summed E-state index contributed by atoms with van der Waals surface area (Å²) in [6, 6.07) is 1.99. The first-order valence-corrected chi connectivity index (χ1v) is 5.97. The maximum atomic E-state index is 8.24. The van der Waals surface area contributed by atoms with E-state index < -0.39 is 8.60 Å². The zero-order valence-electron chi connectivity index (χ0n) is 9.19. The lowest BCUT2D eigenvalue weighted by Crippen LogP contribution is -2.13. The predicted octanol–water partition coefficient (Wildman–Crippen LogP) is 2.99. The van der Waals surface area contributed by atoms with Gasteiger partial charge in [0.05, 0.1) is 31.3 Å². The van der Waals surface area contributed by atoms with Crippen LogP contribution in [0.4, 0.5) is 0 Å². The van der Waals surface area contributed by atoms with Gasteiger partial charge in [0.15, 0.2) is 0 Å². The summed E-state index contributed by atoms with van der Waals surface area (Å²) in [5.74, 6) is 0. The zero-order chi connectivity index (χ0) is 11.0. The van der Waals surface area contributed by atoms with Gasteiger partial charge in [-0.2, -0.15) is 5.26 Å². The van der Waals surface area contributed by atoms with E-state index in [1.807, 2.05) is 33.8 Å². The number of nitriles is 1. The highest BCUT2D eigenvalue weighted by Crippen LogP contribution is 2.49. The molecule has 0 aliphatic carbocycles. The van der Waals surface area contributed by atoms with Gasteiger partial charge in [-0.05, 0) is 13.8 Å². The maximum absolute atomic E-state index is 8.24. The zero-order valence-corrected chi connectivity index (χ0v) is 10.1. The monoisotopic (exact) mass is 219 g/mol. The van der Waals surface area contributed by atoms with Crippen molar-refractivity contribution in [1.82, 2.24) is 0 Å². The van der Waals surface area contributed by atoms with E-state index in [4.69, 9.17) is 18.8 Å². The van der Waals surface area contributed by atoms with Crippen LogP contribution in [-0.4, -0.2) is 18.8 Å². The van der Waals surface area contributed by atoms with E-state index in [0.717, 1.165) is 0 Å². The van der Waals surface area contributed by atoms with E-state index in [9.17, 15) is 0 Å². The average Bonchev–Trinajstić information content (AvgIpc) is 2.50. The molecule has 2 unspecified atom stereocenters. The first-order chi connectivity index (χ1) is 6.74. The van der Waals surface area contributed by atoms with Crippen molar-refractivity contribution in [3.05, 3.63) is 0 Å². The lowest BCUT2D eigenvalue weighted by atomic mass is 10.3. The normalized spacial score (nSPS) is 30.4. The van der Waals surface area contributed by atoms with Gasteiger partial charge in [-0.15, -0.1) is 0 Å². The van der Waals surface area contributed by atoms with Crippen molar-refractivity contribution < 1.29 is 13.6 Å². The lowest BCUT2D eigenvalue weighted by Gasteiger charge is -2.05. The van der Waals surface area contributed by atoms with Crippen molar-refractivity contribution in [2.75, 3.05) is 6.61 Å². The minimum Gasteiger partial charge on any atom is -0.311 e. The molecular weight excluding hydrogens is 201 g/mol. The molecule has 0 bridgehead atoms. The number of nitrogens with zero attached hydrogens (tertiary/aromatic N) is 1. The summed E-state index contributed by atoms with van der Waals surface area (Å²) in [6.07, 6.45) is 0.574. The molecule has 0 amide bonds. The summed E-state index contributed by atoms with van der Waals surface area (Å²) in [7, 11) is -1.19. The summed E-state index contributed by atoms with van der Waals surface area (Å²) >= 11 is 0. The van der Waals surface area contributed by atoms with E-state index in [1.165, 1.54) is 0 Å². The van der Waals surface area contributed by atoms with Crippen LogP contribution in [0.2, 0.25) is 0 Å². The minimum absolute atomic E-state index is 0.0956. The number of hydrogen-bond donors (Lipinski definition) is 0. The first-order valence-electron chi connectivity index (χ1n) is 4.87. The third-order valence-electron chi connectivity index (χ3n) is 1.58. The third-order valence-corrected chi connectivity index (χ3v) is 2.98. The van der Waals surface area contributed by atoms with Gasteiger partial charge < -0.3 is 13.6 Å². The second-order valence-electron chi connectivity index (χ2n) is 2.59. The second kappa shape index (κ2) is 8.14. The van der Waals surface area contributed by atoms with Crippen LogP contribution in [0, 0.1) is 11.3 Å². The van der Waals surface area contributed by atoms with Gasteiger partial charge in [0.25, 0.3) is 0 Å². The van der Waals surface area contributed by atoms with E-state index in [1.54, 1.807) is 0 Å². The van der Waals surface area contributed by atoms with Gasteiger partial charge in [0.2, 0.25) is 0 Å². The largest absolute Gasteiger partial charge is 0.333 e. The molecule has 1 heterocycles. The van der Waals surface area contributed by atoms with Crippen LogP contribution < -0.4 is 0 Å². The van der Waals surface area contributed by atoms with Crippen LogP contribution >= 0.6 is 8.60 Å². The highest BCUT2D eigenvalue weighted by molar-refractivity contribution is 7.42. The summed E-state index contributed by atoms with van der Waals surface area (Å²) in [4.78, 5) is 0. The van der Waals surface area contributed by atoms with Gasteiger partial charge in [0, 0.05) is 0 Å². The molecule has 2 atom stereocenters. The molecule has 0 radical (unpaired) electrons. The number of hydrogen-bond acceptors (Lipinski definition) is 4. The Morgan fingerprint density at radius 3 is 2.21 bits per heavy atom. The quantitative estimate of drug-likeness (QED) is 0.540. The molecule has 1 aliphatic heterocycles. The van der Waals surface area contributed by atoms with Crippen molar-refractivity contribution >= 4 is 8.60 Å². The van der Waals surface area contributed by atoms with Crippen LogP contribution in [0.25, 0.3) is 0 Å². The molecule has 0 spiro atoms. The van der Waals surface area contributed by atoms with E-state index >= 15 is 0 Å². The Morgan fingerprint density at radius 2 is 1.79 bits per heavy atom. The molecule has 5 heteroatoms. The molecule has 0 saturated carbocycles. The topological polar surface area (TPSA) is 51.5 Å². The standard InChI is InChI=1S/C7H12NO3P.C2H6/c1-6-7(2)11-12(10-6)9-5-3-4-8;1-2/h6-7H,3,5H2,1-2H3;1-2H3. The lowest BCUT2D eigenvalue weighted by molar-refractivity contribution is 0.187. The van der Waals surface area contributed by atoms with E-state index in [2.05, 4.69) is 0 Å². The Balaban J connectivity index is 0.000000791. The molecule has 82 valence electrons. The Bertz CT molecular complexity index is 173. The van der Waals surface area contributed by atoms with Crippen molar-refractivity contribution in [3.8, 4) is 6.07 Å². The minimum atomic E-state index is -1.19. The summed E-state index contributed by atoms with van der Waals surface area (Å²) in [6.45, 7) is 8.28. The number of rotatable bonds is 3. The Labute approximate surface area is 87.2 Å². The van der Waals surface area contributed by atoms with E-state index in [-0.39, 0.29) is 12.2 Å². The maximum Gasteiger partial charge on any atom is 0.333 e. The molecule has 14 heavy (non-hydrogen) atoms. The van der Waals surface area contributed by atoms with Crippen molar-refractivity contribution in [3.63, 3.8) is 0 Å². The highest BCUT2D eigenvalue weighted by Gasteiger charge is 2.31. The fourth-order valence-electron chi connectivity index (χ4n) is 0.694. The molecule has 0 aromatic heterocycles. The highest BCUT2D eigenvalue weighted by atomic mass is 31.2. The molecule has 1 rings (SSSR count). The molecule has 1 aliphatic rings. The van der Waals surface area contributed by atoms with Crippen molar-refractivity contribution in [2.45, 2.75) is 46.3 Å². The Kier molecular flexibility index (Phi) is 8.02. The van der Waals surface area contributed by atoms with Gasteiger partial charge in [-0.1, -0.05) is 13.8 Å². The van der Waals surface area contributed by atoms with Gasteiger partial charge in [-0.3, -0.25) is 0 Å². The van der Waals surface area contributed by atoms with Crippen LogP contribution in [0.5, 0.6) is 0 Å². The van der Waals surface area contributed by atoms with Crippen molar-refractivity contribution in [2.24, 2.45) is 0 Å². The van der Waals surface area contributed by atoms with Crippen LogP contribution in [0.15, 0.2) is 0 Å². The van der Waals surface area contributed by atoms with Crippen LogP contribution in [-0.2, 0) is 13.6 Å². The molecule has 0 aromatic carbocycles. The van der Waals surface area contributed by atoms with Crippen LogP contribution in [0.1, 0.15) is 34.1 Å². The third kappa shape index (κ3) is 4.88. The first kappa shape index (κ1) is 13.8. The van der Waals surface area contributed by atoms with Gasteiger partial charge >= 0.3 is 8.60 Å². The smallest absolute Gasteiger partial charge is 0.311 e. The van der Waals surface area contributed by atoms with Crippen LogP contribution in [0.3, 0.4) is 0 Å². The Hall–Kier alpha value is -0.200. The molecule has 1 saturated heterocycles. The summed E-state index contributed by atoms with van der Waals surface area (Å²) < 4.78 is 15.8. The average molecular weight is 219 g/mol. The molecular formula is C9H18NO3P. The molecule has 0 aromatic rings. The van der Waals surface area contributed by atoms with Gasteiger partial charge in [0.1, 0.15) is 0 Å². The van der Waals surface area contributed by atoms with Gasteiger partial charge in [-0.25, -0.2) is 0 Å².